The molecule has 0 radical (unpaired) electrons. The Morgan fingerprint density at radius 1 is 1.16 bits per heavy atom. The van der Waals surface area contributed by atoms with E-state index < -0.39 is 15.9 Å². The molecule has 0 aliphatic heterocycles. The summed E-state index contributed by atoms with van der Waals surface area (Å²) in [6.45, 7) is 6.09. The number of carbonyl (C=O) groups excluding carboxylic acids is 1. The fourth-order valence-electron chi connectivity index (χ4n) is 2.87. The van der Waals surface area contributed by atoms with Gasteiger partial charge in [0.25, 0.3) is 15.9 Å². The fourth-order valence-corrected chi connectivity index (χ4v) is 4.46. The first-order valence-electron chi connectivity index (χ1n) is 9.46. The van der Waals surface area contributed by atoms with Gasteiger partial charge in [0.1, 0.15) is 16.4 Å². The number of aryl methyl sites for hydroxylation is 2. The Bertz CT molecular complexity index is 1170. The molecule has 31 heavy (non-hydrogen) atoms. The molecule has 0 saturated heterocycles. The molecule has 2 aromatic carbocycles. The Morgan fingerprint density at radius 2 is 1.87 bits per heavy atom. The number of sulfonamides is 1. The van der Waals surface area contributed by atoms with E-state index in [1.165, 1.54) is 18.2 Å². The number of nitrogens with zero attached hydrogens (tertiary/aromatic N) is 1. The van der Waals surface area contributed by atoms with Gasteiger partial charge in [0, 0.05) is 23.4 Å². The number of carbonyl (C=O) groups is 1. The highest BCUT2D eigenvalue weighted by Gasteiger charge is 2.21. The molecular weight excluding hydrogens is 442 g/mol. The molecule has 3 aromatic rings. The topological polar surface area (TPSA) is 111 Å². The summed E-state index contributed by atoms with van der Waals surface area (Å²) < 4.78 is 38.6. The highest BCUT2D eigenvalue weighted by Crippen LogP contribution is 2.26. The number of hydrogen-bond acceptors (Lipinski definition) is 6. The van der Waals surface area contributed by atoms with E-state index in [-0.39, 0.29) is 22.0 Å². The van der Waals surface area contributed by atoms with Crippen LogP contribution in [0.3, 0.4) is 0 Å². The van der Waals surface area contributed by atoms with Gasteiger partial charge in [-0.3, -0.25) is 9.52 Å². The first kappa shape index (κ1) is 22.6. The van der Waals surface area contributed by atoms with Crippen molar-refractivity contribution in [2.75, 3.05) is 11.3 Å². The van der Waals surface area contributed by atoms with Crippen molar-refractivity contribution in [1.82, 2.24) is 10.5 Å². The molecule has 0 spiro atoms. The maximum absolute atomic E-state index is 12.9. The van der Waals surface area contributed by atoms with Crippen molar-refractivity contribution in [1.29, 1.82) is 0 Å². The molecular formula is C21H22ClN3O5S. The SMILES string of the molecule is CCOc1ccc(NS(=O)(=O)c2cc(C(=O)NCc3c(C)noc3C)ccc2Cl)cc1. The largest absolute Gasteiger partial charge is 0.494 e. The highest BCUT2D eigenvalue weighted by atomic mass is 35.5. The van der Waals surface area contributed by atoms with E-state index in [4.69, 9.17) is 20.9 Å². The predicted octanol–water partition coefficient (Wildman–Crippen LogP) is 4.07. The van der Waals surface area contributed by atoms with Crippen LogP contribution in [0.25, 0.3) is 0 Å². The number of anilines is 1. The van der Waals surface area contributed by atoms with Gasteiger partial charge in [-0.05, 0) is 63.2 Å². The normalized spacial score (nSPS) is 11.2. The highest BCUT2D eigenvalue weighted by molar-refractivity contribution is 7.92. The van der Waals surface area contributed by atoms with Crippen LogP contribution in [0.4, 0.5) is 5.69 Å². The van der Waals surface area contributed by atoms with Crippen LogP contribution in [-0.4, -0.2) is 26.1 Å². The number of amides is 1. The smallest absolute Gasteiger partial charge is 0.263 e. The van der Waals surface area contributed by atoms with Crippen molar-refractivity contribution < 1.29 is 22.5 Å². The van der Waals surface area contributed by atoms with Crippen molar-refractivity contribution >= 4 is 33.2 Å². The molecule has 2 N–H and O–H groups in total. The van der Waals surface area contributed by atoms with Crippen molar-refractivity contribution in [3.8, 4) is 5.75 Å². The molecule has 0 aliphatic rings. The van der Waals surface area contributed by atoms with E-state index in [0.29, 0.717) is 29.5 Å². The Morgan fingerprint density at radius 3 is 2.48 bits per heavy atom. The molecule has 0 saturated carbocycles. The molecule has 0 bridgehead atoms. The lowest BCUT2D eigenvalue weighted by atomic mass is 10.2. The van der Waals surface area contributed by atoms with E-state index in [1.807, 2.05) is 6.92 Å². The molecule has 3 rings (SSSR count). The minimum absolute atomic E-state index is 0.000657. The molecule has 164 valence electrons. The molecule has 0 unspecified atom stereocenters. The third-order valence-corrected chi connectivity index (χ3v) is 6.37. The summed E-state index contributed by atoms with van der Waals surface area (Å²) in [4.78, 5) is 12.4. The van der Waals surface area contributed by atoms with Gasteiger partial charge >= 0.3 is 0 Å². The van der Waals surface area contributed by atoms with E-state index >= 15 is 0 Å². The third kappa shape index (κ3) is 5.36. The Labute approximate surface area is 185 Å². The van der Waals surface area contributed by atoms with Crippen LogP contribution in [0, 0.1) is 13.8 Å². The maximum Gasteiger partial charge on any atom is 0.263 e. The Balaban J connectivity index is 1.78. The number of aromatic nitrogens is 1. The standard InChI is InChI=1S/C21H22ClN3O5S/c1-4-29-17-8-6-16(7-9-17)25-31(27,28)20-11-15(5-10-19(20)22)21(26)23-12-18-13(2)24-30-14(18)3/h5-11,25H,4,12H2,1-3H3,(H,23,26). The lowest BCUT2D eigenvalue weighted by Crippen LogP contribution is -2.24. The minimum Gasteiger partial charge on any atom is -0.494 e. The zero-order valence-electron chi connectivity index (χ0n) is 17.2. The van der Waals surface area contributed by atoms with Gasteiger partial charge in [0.15, 0.2) is 0 Å². The first-order valence-corrected chi connectivity index (χ1v) is 11.3. The molecule has 1 aromatic heterocycles. The zero-order valence-corrected chi connectivity index (χ0v) is 18.8. The van der Waals surface area contributed by atoms with E-state index in [2.05, 4.69) is 15.2 Å². The number of benzene rings is 2. The number of hydrogen-bond donors (Lipinski definition) is 2. The quantitative estimate of drug-likeness (QED) is 0.521. The van der Waals surface area contributed by atoms with Crippen LogP contribution in [0.5, 0.6) is 5.75 Å². The van der Waals surface area contributed by atoms with Crippen molar-refractivity contribution in [3.05, 3.63) is 70.1 Å². The van der Waals surface area contributed by atoms with Crippen molar-refractivity contribution in [2.45, 2.75) is 32.2 Å². The minimum atomic E-state index is -4.02. The second-order valence-electron chi connectivity index (χ2n) is 6.69. The Hall–Kier alpha value is -3.04. The number of ether oxygens (including phenoxy) is 1. The van der Waals surface area contributed by atoms with Crippen LogP contribution in [0.15, 0.2) is 51.9 Å². The molecule has 0 atom stereocenters. The summed E-state index contributed by atoms with van der Waals surface area (Å²) in [7, 11) is -4.02. The fraction of sp³-hybridized carbons (Fsp3) is 0.238. The lowest BCUT2D eigenvalue weighted by molar-refractivity contribution is 0.0950. The second kappa shape index (κ2) is 9.40. The van der Waals surface area contributed by atoms with Gasteiger partial charge in [0.05, 0.1) is 17.3 Å². The molecule has 1 heterocycles. The summed E-state index contributed by atoms with van der Waals surface area (Å²) in [5.41, 5.74) is 1.94. The summed E-state index contributed by atoms with van der Waals surface area (Å²) in [6.07, 6.45) is 0. The van der Waals surface area contributed by atoms with Gasteiger partial charge in [0.2, 0.25) is 0 Å². The second-order valence-corrected chi connectivity index (χ2v) is 8.75. The van der Waals surface area contributed by atoms with E-state index in [0.717, 1.165) is 5.56 Å². The third-order valence-electron chi connectivity index (χ3n) is 4.51. The van der Waals surface area contributed by atoms with Crippen LogP contribution in [0.1, 0.15) is 34.3 Å². The predicted molar refractivity (Wildman–Crippen MR) is 117 cm³/mol. The average Bonchev–Trinajstić information content (AvgIpc) is 3.05. The van der Waals surface area contributed by atoms with Crippen LogP contribution in [0.2, 0.25) is 5.02 Å². The number of nitrogens with one attached hydrogen (secondary N) is 2. The molecule has 10 heteroatoms. The van der Waals surface area contributed by atoms with Gasteiger partial charge in [-0.1, -0.05) is 16.8 Å². The molecule has 1 amide bonds. The monoisotopic (exact) mass is 463 g/mol. The van der Waals surface area contributed by atoms with Crippen LogP contribution in [-0.2, 0) is 16.6 Å². The average molecular weight is 464 g/mol. The Kier molecular flexibility index (Phi) is 6.87. The number of rotatable bonds is 8. The molecule has 8 nitrogen and oxygen atoms in total. The zero-order chi connectivity index (χ0) is 22.6. The van der Waals surface area contributed by atoms with Gasteiger partial charge < -0.3 is 14.6 Å². The van der Waals surface area contributed by atoms with Crippen LogP contribution >= 0.6 is 11.6 Å². The molecule has 0 fully saturated rings. The van der Waals surface area contributed by atoms with E-state index in [1.54, 1.807) is 38.1 Å². The van der Waals surface area contributed by atoms with Crippen LogP contribution < -0.4 is 14.8 Å². The van der Waals surface area contributed by atoms with Gasteiger partial charge in [-0.25, -0.2) is 8.42 Å². The van der Waals surface area contributed by atoms with Crippen molar-refractivity contribution in [3.63, 3.8) is 0 Å². The number of halogens is 1. The summed E-state index contributed by atoms with van der Waals surface area (Å²) in [6, 6.07) is 10.5. The summed E-state index contributed by atoms with van der Waals surface area (Å²) >= 11 is 6.13. The van der Waals surface area contributed by atoms with Gasteiger partial charge in [-0.2, -0.15) is 0 Å². The summed E-state index contributed by atoms with van der Waals surface area (Å²) in [5.74, 6) is 0.784. The lowest BCUT2D eigenvalue weighted by Gasteiger charge is -2.12. The van der Waals surface area contributed by atoms with Gasteiger partial charge in [-0.15, -0.1) is 0 Å². The summed E-state index contributed by atoms with van der Waals surface area (Å²) in [5, 5.41) is 6.58. The molecule has 0 aliphatic carbocycles. The maximum atomic E-state index is 12.9. The van der Waals surface area contributed by atoms with Crippen molar-refractivity contribution in [2.24, 2.45) is 0 Å². The van der Waals surface area contributed by atoms with E-state index in [9.17, 15) is 13.2 Å². The first-order chi connectivity index (χ1) is 14.7.